The van der Waals surface area contributed by atoms with E-state index in [1.165, 1.54) is 18.2 Å². The molecule has 3 nitrogen and oxygen atoms in total. The van der Waals surface area contributed by atoms with Crippen LogP contribution in [0.4, 0.5) is 4.39 Å². The average molecular weight is 311 g/mol. The van der Waals surface area contributed by atoms with Crippen LogP contribution in [0.25, 0.3) is 5.57 Å². The molecule has 0 heterocycles. The largest absolute Gasteiger partial charge is 0.490 e. The van der Waals surface area contributed by atoms with Gasteiger partial charge in [-0.05, 0) is 54.8 Å². The van der Waals surface area contributed by atoms with Crippen LogP contribution in [0, 0.1) is 17.1 Å². The number of nitrogens with zero attached hydrogens (tertiary/aromatic N) is 1. The lowest BCUT2D eigenvalue weighted by molar-refractivity contribution is 0.287. The maximum absolute atomic E-state index is 13.1. The summed E-state index contributed by atoms with van der Waals surface area (Å²) in [6.07, 6.45) is 1.44. The SMILES string of the molecule is CCOc1ccc(C(=CC#N)c2ccc(F)cc2)cc1OCC. The van der Waals surface area contributed by atoms with Gasteiger partial charge in [-0.1, -0.05) is 18.2 Å². The smallest absolute Gasteiger partial charge is 0.161 e. The van der Waals surface area contributed by atoms with E-state index in [0.717, 1.165) is 11.1 Å². The second kappa shape index (κ2) is 8.00. The second-order valence-corrected chi connectivity index (χ2v) is 4.72. The average Bonchev–Trinajstić information content (AvgIpc) is 2.56. The molecular formula is C19H18FNO2. The first-order valence-electron chi connectivity index (χ1n) is 7.45. The van der Waals surface area contributed by atoms with Gasteiger partial charge in [0.2, 0.25) is 0 Å². The van der Waals surface area contributed by atoms with Gasteiger partial charge in [-0.3, -0.25) is 0 Å². The van der Waals surface area contributed by atoms with Gasteiger partial charge in [0.15, 0.2) is 11.5 Å². The zero-order valence-corrected chi connectivity index (χ0v) is 13.2. The molecule has 0 N–H and O–H groups in total. The Morgan fingerprint density at radius 2 is 1.61 bits per heavy atom. The third-order valence-corrected chi connectivity index (χ3v) is 3.22. The van der Waals surface area contributed by atoms with Crippen molar-refractivity contribution in [1.82, 2.24) is 0 Å². The molecule has 0 fully saturated rings. The molecule has 2 aromatic rings. The van der Waals surface area contributed by atoms with E-state index in [4.69, 9.17) is 14.7 Å². The minimum atomic E-state index is -0.313. The molecule has 0 amide bonds. The van der Waals surface area contributed by atoms with Crippen molar-refractivity contribution < 1.29 is 13.9 Å². The first kappa shape index (κ1) is 16.6. The van der Waals surface area contributed by atoms with Gasteiger partial charge in [-0.15, -0.1) is 0 Å². The van der Waals surface area contributed by atoms with Crippen molar-refractivity contribution in [1.29, 1.82) is 5.26 Å². The molecule has 0 unspecified atom stereocenters. The van der Waals surface area contributed by atoms with E-state index < -0.39 is 0 Å². The number of benzene rings is 2. The summed E-state index contributed by atoms with van der Waals surface area (Å²) in [6.45, 7) is 4.85. The normalized spacial score (nSPS) is 11.0. The summed E-state index contributed by atoms with van der Waals surface area (Å²) in [6, 6.07) is 13.6. The van der Waals surface area contributed by atoms with Crippen molar-refractivity contribution in [2.75, 3.05) is 13.2 Å². The van der Waals surface area contributed by atoms with E-state index in [9.17, 15) is 4.39 Å². The molecule has 0 aromatic heterocycles. The standard InChI is InChI=1S/C19H18FNO2/c1-3-22-18-10-7-15(13-19(18)23-4-2)17(11-12-21)14-5-8-16(20)9-6-14/h5-11,13H,3-4H2,1-2H3. The second-order valence-electron chi connectivity index (χ2n) is 4.72. The molecule has 0 atom stereocenters. The zero-order chi connectivity index (χ0) is 16.7. The van der Waals surface area contributed by atoms with Crippen molar-refractivity contribution in [3.63, 3.8) is 0 Å². The maximum atomic E-state index is 13.1. The van der Waals surface area contributed by atoms with Crippen LogP contribution in [0.3, 0.4) is 0 Å². The molecule has 0 saturated heterocycles. The van der Waals surface area contributed by atoms with Gasteiger partial charge in [-0.2, -0.15) is 5.26 Å². The predicted octanol–water partition coefficient (Wildman–Crippen LogP) is 4.58. The number of nitriles is 1. The maximum Gasteiger partial charge on any atom is 0.161 e. The van der Waals surface area contributed by atoms with Gasteiger partial charge < -0.3 is 9.47 Å². The Hall–Kier alpha value is -2.80. The summed E-state index contributed by atoms with van der Waals surface area (Å²) < 4.78 is 24.3. The van der Waals surface area contributed by atoms with Gasteiger partial charge in [0.05, 0.1) is 19.3 Å². The summed E-state index contributed by atoms with van der Waals surface area (Å²) in [5, 5.41) is 9.07. The van der Waals surface area contributed by atoms with Gasteiger partial charge in [0, 0.05) is 6.08 Å². The van der Waals surface area contributed by atoms with Crippen LogP contribution in [-0.4, -0.2) is 13.2 Å². The number of ether oxygens (including phenoxy) is 2. The number of rotatable bonds is 6. The highest BCUT2D eigenvalue weighted by Gasteiger charge is 2.11. The molecule has 0 aliphatic heterocycles. The van der Waals surface area contributed by atoms with Crippen LogP contribution in [0.1, 0.15) is 25.0 Å². The Kier molecular flexibility index (Phi) is 5.76. The van der Waals surface area contributed by atoms with Gasteiger partial charge in [-0.25, -0.2) is 4.39 Å². The van der Waals surface area contributed by atoms with Crippen molar-refractivity contribution in [3.05, 3.63) is 65.5 Å². The van der Waals surface area contributed by atoms with Crippen LogP contribution in [0.5, 0.6) is 11.5 Å². The molecule has 118 valence electrons. The Labute approximate surface area is 135 Å². The highest BCUT2D eigenvalue weighted by atomic mass is 19.1. The van der Waals surface area contributed by atoms with Crippen LogP contribution < -0.4 is 9.47 Å². The molecule has 0 aliphatic carbocycles. The Morgan fingerprint density at radius 1 is 1.00 bits per heavy atom. The fourth-order valence-corrected chi connectivity index (χ4v) is 2.25. The molecular weight excluding hydrogens is 293 g/mol. The molecule has 4 heteroatoms. The molecule has 0 bridgehead atoms. The number of halogens is 1. The van der Waals surface area contributed by atoms with Crippen molar-refractivity contribution in [2.24, 2.45) is 0 Å². The summed E-state index contributed by atoms with van der Waals surface area (Å²) >= 11 is 0. The van der Waals surface area contributed by atoms with Crippen LogP contribution in [0.2, 0.25) is 0 Å². The Balaban J connectivity index is 2.48. The summed E-state index contributed by atoms with van der Waals surface area (Å²) in [7, 11) is 0. The summed E-state index contributed by atoms with van der Waals surface area (Å²) in [5.74, 6) is 0.970. The number of allylic oxidation sites excluding steroid dienone is 1. The molecule has 2 aromatic carbocycles. The van der Waals surface area contributed by atoms with Gasteiger partial charge in [0.25, 0.3) is 0 Å². The number of hydrogen-bond acceptors (Lipinski definition) is 3. The highest BCUT2D eigenvalue weighted by Crippen LogP contribution is 2.33. The first-order chi connectivity index (χ1) is 11.2. The van der Waals surface area contributed by atoms with Crippen molar-refractivity contribution in [2.45, 2.75) is 13.8 Å². The van der Waals surface area contributed by atoms with Gasteiger partial charge in [0.1, 0.15) is 5.82 Å². The third kappa shape index (κ3) is 4.10. The van der Waals surface area contributed by atoms with E-state index in [1.54, 1.807) is 12.1 Å². The Bertz CT molecular complexity index is 730. The predicted molar refractivity (Wildman–Crippen MR) is 87.9 cm³/mol. The zero-order valence-electron chi connectivity index (χ0n) is 13.2. The van der Waals surface area contributed by atoms with E-state index in [-0.39, 0.29) is 5.82 Å². The van der Waals surface area contributed by atoms with E-state index in [2.05, 4.69) is 0 Å². The molecule has 0 saturated carbocycles. The van der Waals surface area contributed by atoms with Gasteiger partial charge >= 0.3 is 0 Å². The fourth-order valence-electron chi connectivity index (χ4n) is 2.25. The van der Waals surface area contributed by atoms with Crippen molar-refractivity contribution >= 4 is 5.57 Å². The molecule has 0 radical (unpaired) electrons. The summed E-state index contributed by atoms with van der Waals surface area (Å²) in [4.78, 5) is 0. The van der Waals surface area contributed by atoms with Crippen LogP contribution in [0.15, 0.2) is 48.5 Å². The highest BCUT2D eigenvalue weighted by molar-refractivity contribution is 5.82. The minimum absolute atomic E-state index is 0.313. The quantitative estimate of drug-likeness (QED) is 0.733. The van der Waals surface area contributed by atoms with E-state index >= 15 is 0 Å². The lowest BCUT2D eigenvalue weighted by Gasteiger charge is -2.14. The lowest BCUT2D eigenvalue weighted by atomic mass is 9.97. The van der Waals surface area contributed by atoms with E-state index in [1.807, 2.05) is 38.1 Å². The molecule has 23 heavy (non-hydrogen) atoms. The lowest BCUT2D eigenvalue weighted by Crippen LogP contribution is -1.99. The van der Waals surface area contributed by atoms with Crippen LogP contribution >= 0.6 is 0 Å². The molecule has 0 spiro atoms. The summed E-state index contributed by atoms with van der Waals surface area (Å²) in [5.41, 5.74) is 2.28. The molecule has 0 aliphatic rings. The minimum Gasteiger partial charge on any atom is -0.490 e. The fraction of sp³-hybridized carbons (Fsp3) is 0.211. The monoisotopic (exact) mass is 311 g/mol. The number of hydrogen-bond donors (Lipinski definition) is 0. The first-order valence-corrected chi connectivity index (χ1v) is 7.45. The van der Waals surface area contributed by atoms with Crippen LogP contribution in [-0.2, 0) is 0 Å². The third-order valence-electron chi connectivity index (χ3n) is 3.22. The molecule has 2 rings (SSSR count). The topological polar surface area (TPSA) is 42.2 Å². The van der Waals surface area contributed by atoms with E-state index in [0.29, 0.717) is 30.3 Å². The Morgan fingerprint density at radius 3 is 2.22 bits per heavy atom. The van der Waals surface area contributed by atoms with Crippen molar-refractivity contribution in [3.8, 4) is 17.6 Å².